The van der Waals surface area contributed by atoms with Crippen LogP contribution < -0.4 is 9.03 Å². The highest BCUT2D eigenvalue weighted by Crippen LogP contribution is 2.30. The van der Waals surface area contributed by atoms with Crippen LogP contribution in [0, 0.1) is 13.8 Å². The van der Waals surface area contributed by atoms with E-state index in [1.165, 1.54) is 33.0 Å². The quantitative estimate of drug-likeness (QED) is 0.866. The zero-order chi connectivity index (χ0) is 17.4. The second-order valence-corrected chi connectivity index (χ2v) is 8.64. The Morgan fingerprint density at radius 2 is 1.74 bits per heavy atom. The summed E-state index contributed by atoms with van der Waals surface area (Å²) in [4.78, 5) is -0.0608. The van der Waals surface area contributed by atoms with Crippen LogP contribution in [0.15, 0.2) is 33.7 Å². The fraction of sp³-hybridized carbons (Fsp3) is 0.308. The number of hydrogen-bond acceptors (Lipinski definition) is 6. The van der Waals surface area contributed by atoms with Crippen molar-refractivity contribution in [2.75, 3.05) is 22.3 Å². The molecule has 2 rings (SSSR count). The summed E-state index contributed by atoms with van der Waals surface area (Å²) < 4.78 is 56.8. The molecule has 0 aliphatic rings. The number of sulfonamides is 2. The van der Waals surface area contributed by atoms with E-state index in [1.807, 2.05) is 0 Å². The van der Waals surface area contributed by atoms with Crippen molar-refractivity contribution >= 4 is 31.4 Å². The number of aryl methyl sites for hydroxylation is 2. The average Bonchev–Trinajstić information content (AvgIpc) is 2.77. The molecule has 1 N–H and O–H groups in total. The lowest BCUT2D eigenvalue weighted by Crippen LogP contribution is -2.26. The summed E-state index contributed by atoms with van der Waals surface area (Å²) >= 11 is 0. The predicted octanol–water partition coefficient (Wildman–Crippen LogP) is 1.49. The van der Waals surface area contributed by atoms with Gasteiger partial charge in [0.2, 0.25) is 10.0 Å². The Hall–Kier alpha value is -2.07. The lowest BCUT2D eigenvalue weighted by atomic mass is 10.3. The van der Waals surface area contributed by atoms with Gasteiger partial charge in [0.25, 0.3) is 10.0 Å². The molecule has 8 nitrogen and oxygen atoms in total. The smallest absolute Gasteiger partial charge is 0.267 e. The maximum atomic E-state index is 12.5. The van der Waals surface area contributed by atoms with E-state index >= 15 is 0 Å². The molecule has 2 aromatic rings. The largest absolute Gasteiger partial charge is 0.360 e. The zero-order valence-corrected chi connectivity index (χ0v) is 14.7. The van der Waals surface area contributed by atoms with Crippen molar-refractivity contribution in [3.63, 3.8) is 0 Å². The SMILES string of the molecule is Cc1noc(C)c1S(=O)(=O)Nc1ccccc1N(C)S(C)(=O)=O. The van der Waals surface area contributed by atoms with Crippen molar-refractivity contribution in [2.24, 2.45) is 0 Å². The Bertz CT molecular complexity index is 913. The molecule has 1 aromatic heterocycles. The number of hydrogen-bond donors (Lipinski definition) is 1. The van der Waals surface area contributed by atoms with Crippen LogP contribution in [-0.4, -0.2) is 35.3 Å². The van der Waals surface area contributed by atoms with Gasteiger partial charge < -0.3 is 4.52 Å². The van der Waals surface area contributed by atoms with E-state index in [0.29, 0.717) is 0 Å². The normalized spacial score (nSPS) is 12.2. The van der Waals surface area contributed by atoms with Gasteiger partial charge in [-0.3, -0.25) is 9.03 Å². The van der Waals surface area contributed by atoms with Crippen LogP contribution in [0.3, 0.4) is 0 Å². The molecule has 1 aromatic carbocycles. The molecule has 0 radical (unpaired) electrons. The lowest BCUT2D eigenvalue weighted by Gasteiger charge is -2.20. The van der Waals surface area contributed by atoms with E-state index in [2.05, 4.69) is 9.88 Å². The summed E-state index contributed by atoms with van der Waals surface area (Å²) in [6.07, 6.45) is 1.03. The van der Waals surface area contributed by atoms with Crippen molar-refractivity contribution in [1.82, 2.24) is 5.16 Å². The van der Waals surface area contributed by atoms with Crippen LogP contribution >= 0.6 is 0 Å². The van der Waals surface area contributed by atoms with Crippen LogP contribution in [0.5, 0.6) is 0 Å². The Morgan fingerprint density at radius 3 is 2.26 bits per heavy atom. The monoisotopic (exact) mass is 359 g/mol. The Morgan fingerprint density at radius 1 is 1.13 bits per heavy atom. The number of anilines is 2. The standard InChI is InChI=1S/C13H17N3O5S2/c1-9-13(10(2)21-14-9)23(19,20)15-11-7-5-6-8-12(11)16(3)22(4,17)18/h5-8,15H,1-4H3. The van der Waals surface area contributed by atoms with Crippen LogP contribution in [0.25, 0.3) is 0 Å². The third-order valence-corrected chi connectivity index (χ3v) is 6.02. The van der Waals surface area contributed by atoms with Gasteiger partial charge >= 0.3 is 0 Å². The van der Waals surface area contributed by atoms with E-state index < -0.39 is 20.0 Å². The van der Waals surface area contributed by atoms with Gasteiger partial charge in [-0.15, -0.1) is 0 Å². The number of benzene rings is 1. The maximum absolute atomic E-state index is 12.5. The van der Waals surface area contributed by atoms with Crippen molar-refractivity contribution in [3.05, 3.63) is 35.7 Å². The van der Waals surface area contributed by atoms with E-state index in [-0.39, 0.29) is 27.7 Å². The van der Waals surface area contributed by atoms with Gasteiger partial charge in [0.05, 0.1) is 17.6 Å². The van der Waals surface area contributed by atoms with E-state index in [1.54, 1.807) is 12.1 Å². The van der Waals surface area contributed by atoms with Crippen LogP contribution in [0.4, 0.5) is 11.4 Å². The second-order valence-electron chi connectivity index (χ2n) is 5.01. The minimum absolute atomic E-state index is 0.0608. The molecule has 10 heteroatoms. The number of nitrogens with one attached hydrogen (secondary N) is 1. The number of rotatable bonds is 5. The molecule has 0 fully saturated rings. The van der Waals surface area contributed by atoms with Crippen LogP contribution in [0.2, 0.25) is 0 Å². The van der Waals surface area contributed by atoms with Crippen molar-refractivity contribution in [3.8, 4) is 0 Å². The molecule has 126 valence electrons. The highest BCUT2D eigenvalue weighted by molar-refractivity contribution is 7.93. The average molecular weight is 359 g/mol. The number of aromatic nitrogens is 1. The molecule has 0 bridgehead atoms. The summed E-state index contributed by atoms with van der Waals surface area (Å²) in [6, 6.07) is 6.20. The molecule has 1 heterocycles. The summed E-state index contributed by atoms with van der Waals surface area (Å²) in [6.45, 7) is 3.00. The molecule has 0 saturated carbocycles. The van der Waals surface area contributed by atoms with Crippen LogP contribution in [-0.2, 0) is 20.0 Å². The molecule has 0 atom stereocenters. The molecule has 0 aliphatic carbocycles. The minimum Gasteiger partial charge on any atom is -0.360 e. The predicted molar refractivity (Wildman–Crippen MR) is 86.5 cm³/mol. The maximum Gasteiger partial charge on any atom is 0.267 e. The van der Waals surface area contributed by atoms with Gasteiger partial charge in [0.15, 0.2) is 10.7 Å². The van der Waals surface area contributed by atoms with Crippen molar-refractivity contribution < 1.29 is 21.4 Å². The zero-order valence-electron chi connectivity index (χ0n) is 13.1. The van der Waals surface area contributed by atoms with Gasteiger partial charge in [-0.2, -0.15) is 0 Å². The first-order valence-corrected chi connectivity index (χ1v) is 9.86. The first-order chi connectivity index (χ1) is 10.5. The molecule has 0 saturated heterocycles. The Balaban J connectivity index is 2.50. The highest BCUT2D eigenvalue weighted by Gasteiger charge is 2.26. The van der Waals surface area contributed by atoms with Crippen molar-refractivity contribution in [2.45, 2.75) is 18.7 Å². The van der Waals surface area contributed by atoms with Crippen LogP contribution in [0.1, 0.15) is 11.5 Å². The molecule has 0 unspecified atom stereocenters. The summed E-state index contributed by atoms with van der Waals surface area (Å²) in [5.74, 6) is 0.156. The molecule has 0 aliphatic heterocycles. The minimum atomic E-state index is -3.96. The first kappa shape index (κ1) is 17.3. The van der Waals surface area contributed by atoms with E-state index in [4.69, 9.17) is 4.52 Å². The van der Waals surface area contributed by atoms with Gasteiger partial charge in [-0.05, 0) is 26.0 Å². The summed E-state index contributed by atoms with van der Waals surface area (Å²) in [7, 11) is -6.15. The number of para-hydroxylation sites is 2. The fourth-order valence-corrected chi connectivity index (χ4v) is 3.99. The van der Waals surface area contributed by atoms with E-state index in [0.717, 1.165) is 10.6 Å². The fourth-order valence-electron chi connectivity index (χ4n) is 2.07. The Labute approximate surface area is 135 Å². The summed E-state index contributed by atoms with van der Waals surface area (Å²) in [5.41, 5.74) is 0.578. The molecule has 23 heavy (non-hydrogen) atoms. The summed E-state index contributed by atoms with van der Waals surface area (Å²) in [5, 5.41) is 3.62. The molecular formula is C13H17N3O5S2. The molecule has 0 amide bonds. The van der Waals surface area contributed by atoms with Crippen molar-refractivity contribution in [1.29, 1.82) is 0 Å². The number of nitrogens with zero attached hydrogens (tertiary/aromatic N) is 2. The van der Waals surface area contributed by atoms with Gasteiger partial charge in [-0.1, -0.05) is 17.3 Å². The lowest BCUT2D eigenvalue weighted by molar-refractivity contribution is 0.390. The highest BCUT2D eigenvalue weighted by atomic mass is 32.2. The Kier molecular flexibility index (Phi) is 4.40. The van der Waals surface area contributed by atoms with E-state index in [9.17, 15) is 16.8 Å². The second kappa shape index (κ2) is 5.85. The first-order valence-electron chi connectivity index (χ1n) is 6.52. The molecular weight excluding hydrogens is 342 g/mol. The molecule has 0 spiro atoms. The van der Waals surface area contributed by atoms with Gasteiger partial charge in [-0.25, -0.2) is 16.8 Å². The third kappa shape index (κ3) is 3.48. The van der Waals surface area contributed by atoms with Gasteiger partial charge in [0.1, 0.15) is 5.69 Å². The third-order valence-electron chi connectivity index (χ3n) is 3.22. The van der Waals surface area contributed by atoms with Gasteiger partial charge in [0, 0.05) is 7.05 Å². The topological polar surface area (TPSA) is 110 Å².